The lowest BCUT2D eigenvalue weighted by Gasteiger charge is -2.41. The molecule has 272 valence electrons. The van der Waals surface area contributed by atoms with Gasteiger partial charge in [-0.1, -0.05) is 31.0 Å². The van der Waals surface area contributed by atoms with Gasteiger partial charge in [0, 0.05) is 70.9 Å². The maximum Gasteiger partial charge on any atom is 0.148 e. The summed E-state index contributed by atoms with van der Waals surface area (Å²) in [5.41, 5.74) is 9.38. The average molecular weight is 722 g/mol. The molecule has 2 fully saturated rings. The second kappa shape index (κ2) is 15.3. The maximum atomic E-state index is 14.2. The minimum atomic E-state index is -0.271. The van der Waals surface area contributed by atoms with Crippen LogP contribution in [0.4, 0.5) is 21.7 Å². The van der Waals surface area contributed by atoms with Crippen molar-refractivity contribution in [3.8, 4) is 22.5 Å². The van der Waals surface area contributed by atoms with Crippen molar-refractivity contribution in [1.82, 2.24) is 45.5 Å². The molecule has 0 aliphatic heterocycles. The Balaban J connectivity index is 0.000000153. The van der Waals surface area contributed by atoms with Gasteiger partial charge in [0.15, 0.2) is 0 Å². The van der Waals surface area contributed by atoms with Gasteiger partial charge in [0.2, 0.25) is 0 Å². The van der Waals surface area contributed by atoms with Crippen LogP contribution >= 0.6 is 0 Å². The van der Waals surface area contributed by atoms with Crippen molar-refractivity contribution < 1.29 is 4.39 Å². The molecule has 5 aromatic heterocycles. The van der Waals surface area contributed by atoms with Crippen LogP contribution in [0.1, 0.15) is 49.9 Å². The summed E-state index contributed by atoms with van der Waals surface area (Å²) in [6.07, 6.45) is 15.2. The molecule has 13 nitrogen and oxygen atoms in total. The lowest BCUT2D eigenvalue weighted by Crippen LogP contribution is -2.42. The lowest BCUT2D eigenvalue weighted by molar-refractivity contribution is 0.243. The molecule has 5 heterocycles. The van der Waals surface area contributed by atoms with E-state index in [1.807, 2.05) is 73.1 Å². The van der Waals surface area contributed by atoms with Gasteiger partial charge < -0.3 is 16.1 Å². The summed E-state index contributed by atoms with van der Waals surface area (Å²) in [6.45, 7) is 1.38. The zero-order valence-electron chi connectivity index (χ0n) is 29.6. The number of fused-ring (bicyclic) bond motifs is 1. The molecule has 9 rings (SSSR count). The fraction of sp³-hybridized carbons (Fsp3) is 0.250. The van der Waals surface area contributed by atoms with E-state index >= 15 is 0 Å². The first-order valence-electron chi connectivity index (χ1n) is 18.1. The molecular formula is C40H40FN13. The van der Waals surface area contributed by atoms with Gasteiger partial charge in [-0.15, -0.1) is 20.4 Å². The van der Waals surface area contributed by atoms with Crippen molar-refractivity contribution in [2.24, 2.45) is 5.84 Å². The standard InChI is InChI=1S/C20H21FN6.C20H19N7/c21-16-6-2-11-23-19(16)20(9-3-10-20)13-24-18-8-7-17(26-27-18)14-4-1-5-15(12-14)25-22;1-6-20(7-1,18-12-21-8-9-22-18)13-23-19-5-4-16(26-27-19)14-2-3-17-15(10-14)11-24-25-17/h1-2,4-8,11-12,25H,3,9-10,13,22H2,(H,24,27);2-5,8-12H,1,6-7,13H2,(H,23,27)(H,24,25). The first-order valence-corrected chi connectivity index (χ1v) is 18.1. The van der Waals surface area contributed by atoms with Crippen molar-refractivity contribution in [3.63, 3.8) is 0 Å². The second-order valence-corrected chi connectivity index (χ2v) is 13.9. The van der Waals surface area contributed by atoms with Crippen LogP contribution in [0.2, 0.25) is 0 Å². The summed E-state index contributed by atoms with van der Waals surface area (Å²) in [4.78, 5) is 13.0. The maximum absolute atomic E-state index is 14.2. The van der Waals surface area contributed by atoms with E-state index in [9.17, 15) is 4.39 Å². The largest absolute Gasteiger partial charge is 0.368 e. The summed E-state index contributed by atoms with van der Waals surface area (Å²) in [7, 11) is 0. The molecule has 0 saturated heterocycles. The number of nitrogens with one attached hydrogen (secondary N) is 4. The third kappa shape index (κ3) is 7.28. The number of hydrogen-bond donors (Lipinski definition) is 5. The number of hydrogen-bond acceptors (Lipinski definition) is 12. The van der Waals surface area contributed by atoms with Gasteiger partial charge in [-0.3, -0.25) is 25.9 Å². The Hall–Kier alpha value is -6.41. The molecule has 0 spiro atoms. The van der Waals surface area contributed by atoms with E-state index in [4.69, 9.17) is 5.84 Å². The Morgan fingerprint density at radius 1 is 0.685 bits per heavy atom. The Kier molecular flexibility index (Phi) is 9.81. The number of rotatable bonds is 11. The smallest absolute Gasteiger partial charge is 0.148 e. The number of anilines is 3. The number of H-pyrrole nitrogens is 1. The number of pyridine rings is 1. The molecule has 2 aromatic carbocycles. The van der Waals surface area contributed by atoms with Gasteiger partial charge >= 0.3 is 0 Å². The Morgan fingerprint density at radius 2 is 1.41 bits per heavy atom. The monoisotopic (exact) mass is 721 g/mol. The van der Waals surface area contributed by atoms with Crippen LogP contribution in [-0.4, -0.2) is 58.6 Å². The van der Waals surface area contributed by atoms with Gasteiger partial charge in [0.05, 0.1) is 34.5 Å². The predicted molar refractivity (Wildman–Crippen MR) is 207 cm³/mol. The van der Waals surface area contributed by atoms with E-state index in [1.165, 1.54) is 12.5 Å². The summed E-state index contributed by atoms with van der Waals surface area (Å²) in [5, 5.41) is 32.1. The zero-order chi connectivity index (χ0) is 36.8. The van der Waals surface area contributed by atoms with Crippen molar-refractivity contribution in [2.75, 3.05) is 29.1 Å². The molecule has 0 atom stereocenters. The molecule has 2 aliphatic rings. The van der Waals surface area contributed by atoms with Crippen molar-refractivity contribution in [2.45, 2.75) is 49.4 Å². The van der Waals surface area contributed by atoms with Crippen LogP contribution in [0.25, 0.3) is 33.4 Å². The molecule has 2 aliphatic carbocycles. The number of benzene rings is 2. The van der Waals surface area contributed by atoms with E-state index in [0.29, 0.717) is 18.1 Å². The number of nitrogens with zero attached hydrogens (tertiary/aromatic N) is 8. The summed E-state index contributed by atoms with van der Waals surface area (Å²) < 4.78 is 14.2. The first-order chi connectivity index (χ1) is 26.5. The highest BCUT2D eigenvalue weighted by atomic mass is 19.1. The Bertz CT molecular complexity index is 2310. The molecular weight excluding hydrogens is 682 g/mol. The Labute approximate surface area is 311 Å². The molecule has 14 heteroatoms. The van der Waals surface area contributed by atoms with E-state index in [2.05, 4.69) is 67.7 Å². The van der Waals surface area contributed by atoms with Crippen LogP contribution in [-0.2, 0) is 10.8 Å². The summed E-state index contributed by atoms with van der Waals surface area (Å²) in [6, 6.07) is 24.6. The van der Waals surface area contributed by atoms with Crippen molar-refractivity contribution >= 4 is 28.2 Å². The van der Waals surface area contributed by atoms with Crippen molar-refractivity contribution in [1.29, 1.82) is 0 Å². The summed E-state index contributed by atoms with van der Waals surface area (Å²) in [5.74, 6) is 6.65. The molecule has 2 saturated carbocycles. The Morgan fingerprint density at radius 3 is 2.02 bits per heavy atom. The highest BCUT2D eigenvalue weighted by Crippen LogP contribution is 2.44. The fourth-order valence-corrected chi connectivity index (χ4v) is 7.13. The number of nitrogens with two attached hydrogens (primary N) is 1. The molecule has 7 aromatic rings. The van der Waals surface area contributed by atoms with E-state index in [-0.39, 0.29) is 16.6 Å². The van der Waals surface area contributed by atoms with Crippen molar-refractivity contribution in [3.05, 3.63) is 127 Å². The van der Waals surface area contributed by atoms with Crippen LogP contribution in [0.5, 0.6) is 0 Å². The lowest BCUT2D eigenvalue weighted by atomic mass is 9.66. The number of aromatic nitrogens is 9. The highest BCUT2D eigenvalue weighted by Gasteiger charge is 2.42. The molecule has 6 N–H and O–H groups in total. The second-order valence-electron chi connectivity index (χ2n) is 13.9. The first kappa shape index (κ1) is 34.7. The zero-order valence-corrected chi connectivity index (χ0v) is 29.6. The van der Waals surface area contributed by atoms with Crippen LogP contribution in [0, 0.1) is 5.82 Å². The topological polar surface area (TPSA) is 181 Å². The minimum Gasteiger partial charge on any atom is -0.368 e. The fourth-order valence-electron chi connectivity index (χ4n) is 7.13. The van der Waals surface area contributed by atoms with Crippen LogP contribution in [0.15, 0.2) is 110 Å². The van der Waals surface area contributed by atoms with Gasteiger partial charge in [0.25, 0.3) is 0 Å². The molecule has 0 unspecified atom stereocenters. The van der Waals surface area contributed by atoms with Gasteiger partial charge in [-0.2, -0.15) is 5.10 Å². The molecule has 54 heavy (non-hydrogen) atoms. The minimum absolute atomic E-state index is 0.0565. The van der Waals surface area contributed by atoms with Gasteiger partial charge in [-0.05, 0) is 86.3 Å². The average Bonchev–Trinajstić information content (AvgIpc) is 3.67. The summed E-state index contributed by atoms with van der Waals surface area (Å²) >= 11 is 0. The number of halogens is 1. The SMILES string of the molecule is NNc1cccc(-c2ccc(NCC3(c4ncccc4F)CCC3)nn2)c1.c1cnc(C2(CNc3ccc(-c4ccc5[nH]ncc5c4)nn3)CCC2)cn1. The molecule has 0 amide bonds. The van der Waals surface area contributed by atoms with Gasteiger partial charge in [0.1, 0.15) is 17.5 Å². The normalized spacial score (nSPS) is 15.2. The van der Waals surface area contributed by atoms with E-state index in [1.54, 1.807) is 24.7 Å². The number of hydrazine groups is 1. The quantitative estimate of drug-likeness (QED) is 0.0694. The predicted octanol–water partition coefficient (Wildman–Crippen LogP) is 6.84. The molecule has 0 bridgehead atoms. The van der Waals surface area contributed by atoms with Crippen LogP contribution < -0.4 is 21.9 Å². The van der Waals surface area contributed by atoms with E-state index < -0.39 is 0 Å². The third-order valence-electron chi connectivity index (χ3n) is 10.6. The number of nitrogen functional groups attached to an aromatic ring is 1. The third-order valence-corrected chi connectivity index (χ3v) is 10.6. The van der Waals surface area contributed by atoms with Gasteiger partial charge in [-0.25, -0.2) is 4.39 Å². The van der Waals surface area contributed by atoms with E-state index in [0.717, 1.165) is 89.3 Å². The highest BCUT2D eigenvalue weighted by molar-refractivity contribution is 5.83. The van der Waals surface area contributed by atoms with Crippen LogP contribution in [0.3, 0.4) is 0 Å². The number of aromatic amines is 1. The molecule has 0 radical (unpaired) electrons.